The molecule has 0 saturated heterocycles. The van der Waals surface area contributed by atoms with E-state index in [0.717, 1.165) is 0 Å². The first-order valence-electron chi connectivity index (χ1n) is 6.93. The first-order valence-corrected chi connectivity index (χ1v) is 7.31. The van der Waals surface area contributed by atoms with E-state index in [1.165, 1.54) is 25.4 Å². The second-order valence-corrected chi connectivity index (χ2v) is 5.47. The second-order valence-electron chi connectivity index (χ2n) is 5.03. The van der Waals surface area contributed by atoms with Crippen molar-refractivity contribution < 1.29 is 13.9 Å². The molecule has 2 heterocycles. The van der Waals surface area contributed by atoms with Gasteiger partial charge in [0.2, 0.25) is 11.2 Å². The number of benzene rings is 1. The van der Waals surface area contributed by atoms with Crippen LogP contribution in [0.4, 0.5) is 0 Å². The zero-order valence-electron chi connectivity index (χ0n) is 12.6. The summed E-state index contributed by atoms with van der Waals surface area (Å²) in [7, 11) is 1.27. The van der Waals surface area contributed by atoms with Gasteiger partial charge in [-0.2, -0.15) is 5.26 Å². The van der Waals surface area contributed by atoms with Gasteiger partial charge in [0.1, 0.15) is 17.4 Å². The Bertz CT molecular complexity index is 1040. The van der Waals surface area contributed by atoms with E-state index in [9.17, 15) is 9.59 Å². The monoisotopic (exact) mass is 342 g/mol. The van der Waals surface area contributed by atoms with Crippen molar-refractivity contribution in [2.75, 3.05) is 7.11 Å². The molecule has 120 valence electrons. The highest BCUT2D eigenvalue weighted by molar-refractivity contribution is 6.31. The van der Waals surface area contributed by atoms with Crippen LogP contribution in [-0.4, -0.2) is 17.6 Å². The number of hydrogen-bond donors (Lipinski definition) is 0. The Balaban J connectivity index is 2.11. The Hall–Kier alpha value is -3.04. The van der Waals surface area contributed by atoms with E-state index in [2.05, 4.69) is 4.74 Å². The number of hydrogen-bond acceptors (Lipinski definition) is 5. The maximum absolute atomic E-state index is 12.3. The number of halogens is 1. The van der Waals surface area contributed by atoms with E-state index in [-0.39, 0.29) is 23.3 Å². The lowest BCUT2D eigenvalue weighted by molar-refractivity contribution is 0.0563. The summed E-state index contributed by atoms with van der Waals surface area (Å²) in [6.07, 6.45) is 1.46. The number of aromatic nitrogens is 1. The normalized spacial score (nSPS) is 10.5. The predicted molar refractivity (Wildman–Crippen MR) is 87.1 cm³/mol. The molecule has 1 aromatic carbocycles. The van der Waals surface area contributed by atoms with E-state index < -0.39 is 5.97 Å². The maximum Gasteiger partial charge on any atom is 0.373 e. The van der Waals surface area contributed by atoms with E-state index in [0.29, 0.717) is 21.7 Å². The van der Waals surface area contributed by atoms with Crippen LogP contribution in [0.25, 0.3) is 10.9 Å². The molecule has 0 aliphatic carbocycles. The summed E-state index contributed by atoms with van der Waals surface area (Å²) in [4.78, 5) is 23.7. The van der Waals surface area contributed by atoms with E-state index in [1.807, 2.05) is 6.07 Å². The first kappa shape index (κ1) is 15.8. The van der Waals surface area contributed by atoms with Crippen LogP contribution in [-0.2, 0) is 11.3 Å². The fraction of sp³-hybridized carbons (Fsp3) is 0.118. The molecule has 3 rings (SSSR count). The van der Waals surface area contributed by atoms with Crippen LogP contribution in [0.15, 0.2) is 45.7 Å². The van der Waals surface area contributed by atoms with Gasteiger partial charge in [-0.25, -0.2) is 4.79 Å². The molecule has 0 bridgehead atoms. The van der Waals surface area contributed by atoms with E-state index >= 15 is 0 Å². The molecule has 2 aromatic heterocycles. The number of esters is 1. The van der Waals surface area contributed by atoms with Crippen molar-refractivity contribution in [3.05, 3.63) is 68.9 Å². The highest BCUT2D eigenvalue weighted by Crippen LogP contribution is 2.19. The summed E-state index contributed by atoms with van der Waals surface area (Å²) in [6, 6.07) is 9.92. The third kappa shape index (κ3) is 2.77. The standard InChI is InChI=1S/C17H11ClN2O4/c1-23-17(22)15-5-3-12(24-15)9-20-8-10(7-19)16(21)13-6-11(18)2-4-14(13)20/h2-6,8H,9H2,1H3. The summed E-state index contributed by atoms with van der Waals surface area (Å²) in [6.45, 7) is 0.240. The lowest BCUT2D eigenvalue weighted by atomic mass is 10.1. The number of carbonyl (C=O) groups is 1. The number of fused-ring (bicyclic) bond motifs is 1. The molecule has 0 N–H and O–H groups in total. The zero-order chi connectivity index (χ0) is 17.3. The van der Waals surface area contributed by atoms with Crippen LogP contribution in [0.2, 0.25) is 5.02 Å². The number of rotatable bonds is 3. The van der Waals surface area contributed by atoms with Crippen LogP contribution in [0.5, 0.6) is 0 Å². The Morgan fingerprint density at radius 1 is 1.38 bits per heavy atom. The molecular weight excluding hydrogens is 332 g/mol. The van der Waals surface area contributed by atoms with Gasteiger partial charge in [0.15, 0.2) is 0 Å². The minimum absolute atomic E-state index is 0.00418. The van der Waals surface area contributed by atoms with Crippen molar-refractivity contribution in [3.8, 4) is 6.07 Å². The largest absolute Gasteiger partial charge is 0.463 e. The number of carbonyl (C=O) groups excluding carboxylic acids is 1. The van der Waals surface area contributed by atoms with Crippen molar-refractivity contribution in [2.45, 2.75) is 6.54 Å². The summed E-state index contributed by atoms with van der Waals surface area (Å²) in [5.74, 6) is -0.00361. The van der Waals surface area contributed by atoms with E-state index in [1.54, 1.807) is 22.8 Å². The third-order valence-electron chi connectivity index (χ3n) is 3.54. The molecule has 6 nitrogen and oxygen atoms in total. The smallest absolute Gasteiger partial charge is 0.373 e. The summed E-state index contributed by atoms with van der Waals surface area (Å²) >= 11 is 5.95. The molecule has 0 atom stereocenters. The lowest BCUT2D eigenvalue weighted by Crippen LogP contribution is -2.13. The molecule has 0 aliphatic heterocycles. The van der Waals surface area contributed by atoms with Crippen molar-refractivity contribution in [1.82, 2.24) is 4.57 Å². The van der Waals surface area contributed by atoms with Crippen molar-refractivity contribution >= 4 is 28.5 Å². The molecule has 0 amide bonds. The molecular formula is C17H11ClN2O4. The van der Waals surface area contributed by atoms with Gasteiger partial charge in [-0.3, -0.25) is 4.79 Å². The average Bonchev–Trinajstić information content (AvgIpc) is 3.05. The number of nitriles is 1. The molecule has 0 radical (unpaired) electrons. The van der Waals surface area contributed by atoms with Gasteiger partial charge in [-0.05, 0) is 30.3 Å². The van der Waals surface area contributed by atoms with Gasteiger partial charge in [0.25, 0.3) is 0 Å². The number of nitrogens with zero attached hydrogens (tertiary/aromatic N) is 2. The highest BCUT2D eigenvalue weighted by Gasteiger charge is 2.14. The molecule has 24 heavy (non-hydrogen) atoms. The Morgan fingerprint density at radius 3 is 2.88 bits per heavy atom. The predicted octanol–water partition coefficient (Wildman–Crippen LogP) is 2.95. The maximum atomic E-state index is 12.3. The van der Waals surface area contributed by atoms with Crippen LogP contribution < -0.4 is 5.43 Å². The Morgan fingerprint density at radius 2 is 2.17 bits per heavy atom. The fourth-order valence-electron chi connectivity index (χ4n) is 2.42. The first-order chi connectivity index (χ1) is 11.5. The van der Waals surface area contributed by atoms with Gasteiger partial charge in [-0.15, -0.1) is 0 Å². The van der Waals surface area contributed by atoms with Crippen LogP contribution in [0.3, 0.4) is 0 Å². The molecule has 0 fully saturated rings. The van der Waals surface area contributed by atoms with Gasteiger partial charge < -0.3 is 13.7 Å². The number of methoxy groups -OCH3 is 1. The molecule has 3 aromatic rings. The molecule has 0 spiro atoms. The lowest BCUT2D eigenvalue weighted by Gasteiger charge is -2.10. The second kappa shape index (κ2) is 6.22. The summed E-state index contributed by atoms with van der Waals surface area (Å²) < 4.78 is 11.7. The number of ether oxygens (including phenoxy) is 1. The fourth-order valence-corrected chi connectivity index (χ4v) is 2.59. The van der Waals surface area contributed by atoms with Gasteiger partial charge in [0, 0.05) is 16.6 Å². The minimum atomic E-state index is -0.574. The zero-order valence-corrected chi connectivity index (χ0v) is 13.3. The van der Waals surface area contributed by atoms with E-state index in [4.69, 9.17) is 21.3 Å². The van der Waals surface area contributed by atoms with Gasteiger partial charge in [0.05, 0.1) is 19.2 Å². The molecule has 0 saturated carbocycles. The SMILES string of the molecule is COC(=O)c1ccc(Cn2cc(C#N)c(=O)c3cc(Cl)ccc32)o1. The third-order valence-corrected chi connectivity index (χ3v) is 3.77. The van der Waals surface area contributed by atoms with Crippen molar-refractivity contribution in [3.63, 3.8) is 0 Å². The topological polar surface area (TPSA) is 85.2 Å². The highest BCUT2D eigenvalue weighted by atomic mass is 35.5. The van der Waals surface area contributed by atoms with Gasteiger partial charge in [-0.1, -0.05) is 11.6 Å². The Labute approximate surface area is 141 Å². The number of pyridine rings is 1. The minimum Gasteiger partial charge on any atom is -0.463 e. The molecule has 0 unspecified atom stereocenters. The summed E-state index contributed by atoms with van der Waals surface area (Å²) in [5.41, 5.74) is 0.241. The van der Waals surface area contributed by atoms with Crippen LogP contribution in [0.1, 0.15) is 21.9 Å². The number of furan rings is 1. The van der Waals surface area contributed by atoms with Gasteiger partial charge >= 0.3 is 5.97 Å². The van der Waals surface area contributed by atoms with Crippen LogP contribution in [0, 0.1) is 11.3 Å². The summed E-state index contributed by atoms with van der Waals surface area (Å²) in [5, 5.41) is 9.92. The average molecular weight is 343 g/mol. The van der Waals surface area contributed by atoms with Crippen molar-refractivity contribution in [2.24, 2.45) is 0 Å². The molecule has 0 aliphatic rings. The quantitative estimate of drug-likeness (QED) is 0.683. The van der Waals surface area contributed by atoms with Crippen LogP contribution >= 0.6 is 11.6 Å². The van der Waals surface area contributed by atoms with Crippen molar-refractivity contribution in [1.29, 1.82) is 5.26 Å². The Kier molecular flexibility index (Phi) is 4.11. The molecule has 7 heteroatoms.